The standard InChI is InChI=1S/C21H22AsN4O2/c1-12-5-3-4-6-15(12)16-7-19-18(8-17(16)22-14-9-23-10-14)26-13(2)21(27)25-24-20(26)11-28-19/h3-8,13-14,23H,9-11H2,1-2H3,(H,25,27). The molecule has 3 aliphatic heterocycles. The van der Waals surface area contributed by atoms with Gasteiger partial charge < -0.3 is 0 Å². The fourth-order valence-electron chi connectivity index (χ4n) is 3.82. The second-order valence-corrected chi connectivity index (χ2v) is 10.5. The Labute approximate surface area is 171 Å². The third kappa shape index (κ3) is 2.92. The third-order valence-electron chi connectivity index (χ3n) is 5.55. The number of benzene rings is 2. The van der Waals surface area contributed by atoms with E-state index in [2.05, 4.69) is 59.2 Å². The van der Waals surface area contributed by atoms with Gasteiger partial charge in [0, 0.05) is 0 Å². The van der Waals surface area contributed by atoms with Crippen molar-refractivity contribution in [2.75, 3.05) is 24.6 Å². The molecule has 1 radical (unpaired) electrons. The third-order valence-corrected chi connectivity index (χ3v) is 8.44. The molecule has 1 fully saturated rings. The van der Waals surface area contributed by atoms with Gasteiger partial charge in [-0.2, -0.15) is 0 Å². The second-order valence-electron chi connectivity index (χ2n) is 7.43. The van der Waals surface area contributed by atoms with Gasteiger partial charge >= 0.3 is 171 Å². The van der Waals surface area contributed by atoms with Gasteiger partial charge in [0.15, 0.2) is 0 Å². The van der Waals surface area contributed by atoms with E-state index >= 15 is 0 Å². The van der Waals surface area contributed by atoms with E-state index in [9.17, 15) is 4.79 Å². The molecule has 3 heterocycles. The van der Waals surface area contributed by atoms with E-state index in [1.807, 2.05) is 11.8 Å². The number of carbonyl (C=O) groups excluding carboxylic acids is 1. The molecule has 1 amide bonds. The van der Waals surface area contributed by atoms with Crippen LogP contribution in [0.15, 0.2) is 41.5 Å². The molecule has 2 aromatic rings. The van der Waals surface area contributed by atoms with Gasteiger partial charge in [-0.05, 0) is 0 Å². The number of anilines is 1. The summed E-state index contributed by atoms with van der Waals surface area (Å²) >= 11 is 0.00940. The zero-order chi connectivity index (χ0) is 19.3. The van der Waals surface area contributed by atoms with E-state index in [1.54, 1.807) is 0 Å². The second kappa shape index (κ2) is 6.94. The number of hydrogen-bond donors (Lipinski definition) is 2. The van der Waals surface area contributed by atoms with Crippen molar-refractivity contribution in [1.82, 2.24) is 10.7 Å². The van der Waals surface area contributed by atoms with Crippen LogP contribution in [0.25, 0.3) is 11.1 Å². The minimum atomic E-state index is -0.297. The normalized spacial score (nSPS) is 21.5. The van der Waals surface area contributed by atoms with Crippen molar-refractivity contribution in [3.8, 4) is 16.9 Å². The monoisotopic (exact) mass is 437 g/mol. The fraction of sp³-hybridized carbons (Fsp3) is 0.333. The van der Waals surface area contributed by atoms with Crippen LogP contribution in [-0.2, 0) is 4.79 Å². The first-order valence-corrected chi connectivity index (χ1v) is 11.6. The molecule has 3 aliphatic rings. The Morgan fingerprint density at radius 1 is 1.21 bits per heavy atom. The first-order valence-electron chi connectivity index (χ1n) is 9.56. The Morgan fingerprint density at radius 3 is 2.79 bits per heavy atom. The summed E-state index contributed by atoms with van der Waals surface area (Å²) in [6, 6.07) is 12.6. The van der Waals surface area contributed by atoms with Crippen LogP contribution in [0.3, 0.4) is 0 Å². The van der Waals surface area contributed by atoms with E-state index < -0.39 is 0 Å². The molecule has 0 aliphatic carbocycles. The quantitative estimate of drug-likeness (QED) is 0.713. The first kappa shape index (κ1) is 17.8. The maximum absolute atomic E-state index is 12.2. The Hall–Kier alpha value is -2.30. The van der Waals surface area contributed by atoms with E-state index in [0.29, 0.717) is 6.61 Å². The number of hydrazone groups is 1. The van der Waals surface area contributed by atoms with Crippen LogP contribution >= 0.6 is 0 Å². The van der Waals surface area contributed by atoms with E-state index in [0.717, 1.165) is 35.1 Å². The van der Waals surface area contributed by atoms with E-state index in [4.69, 9.17) is 4.74 Å². The summed E-state index contributed by atoms with van der Waals surface area (Å²) in [5, 5.41) is 7.60. The summed E-state index contributed by atoms with van der Waals surface area (Å²) < 4.78 is 8.17. The number of aryl methyl sites for hydroxylation is 1. The summed E-state index contributed by atoms with van der Waals surface area (Å²) in [6.07, 6.45) is 0. The molecule has 0 bridgehead atoms. The van der Waals surface area contributed by atoms with Crippen LogP contribution < -0.4 is 24.7 Å². The SMILES string of the molecule is Cc1ccccc1-c1cc2c(cc1[As]C1CNC1)N1C(=NNC(=O)C1C)CO2. The number of nitrogens with one attached hydrogen (secondary N) is 2. The summed E-state index contributed by atoms with van der Waals surface area (Å²) in [5.74, 6) is 1.50. The molecular formula is C21H22AsN4O2. The molecule has 1 atom stereocenters. The Balaban J connectivity index is 1.65. The number of amidine groups is 1. The Morgan fingerprint density at radius 2 is 2.04 bits per heavy atom. The van der Waals surface area contributed by atoms with Gasteiger partial charge in [-0.3, -0.25) is 0 Å². The number of amides is 1. The van der Waals surface area contributed by atoms with Crippen molar-refractivity contribution in [2.45, 2.75) is 24.6 Å². The zero-order valence-corrected chi connectivity index (χ0v) is 17.8. The molecule has 0 saturated carbocycles. The fourth-order valence-corrected chi connectivity index (χ4v) is 6.66. The first-order chi connectivity index (χ1) is 13.6. The van der Waals surface area contributed by atoms with Crippen LogP contribution in [0, 0.1) is 6.92 Å². The van der Waals surface area contributed by atoms with E-state index in [-0.39, 0.29) is 27.7 Å². The van der Waals surface area contributed by atoms with Crippen molar-refractivity contribution in [3.63, 3.8) is 0 Å². The van der Waals surface area contributed by atoms with Crippen molar-refractivity contribution < 1.29 is 9.53 Å². The molecule has 143 valence electrons. The summed E-state index contributed by atoms with van der Waals surface area (Å²) in [7, 11) is 0. The van der Waals surface area contributed by atoms with Gasteiger partial charge in [-0.15, -0.1) is 0 Å². The Kier molecular flexibility index (Phi) is 4.41. The predicted molar refractivity (Wildman–Crippen MR) is 112 cm³/mol. The summed E-state index contributed by atoms with van der Waals surface area (Å²) in [4.78, 5) is 14.2. The van der Waals surface area contributed by atoms with Gasteiger partial charge in [0.2, 0.25) is 0 Å². The Bertz CT molecular complexity index is 986. The van der Waals surface area contributed by atoms with Gasteiger partial charge in [-0.1, -0.05) is 0 Å². The topological polar surface area (TPSA) is 66.0 Å². The van der Waals surface area contributed by atoms with Crippen LogP contribution in [0.5, 0.6) is 5.75 Å². The predicted octanol–water partition coefficient (Wildman–Crippen LogP) is 1.41. The van der Waals surface area contributed by atoms with E-state index in [1.165, 1.54) is 21.0 Å². The van der Waals surface area contributed by atoms with Gasteiger partial charge in [0.25, 0.3) is 0 Å². The summed E-state index contributed by atoms with van der Waals surface area (Å²) in [5.41, 5.74) is 7.34. The van der Waals surface area contributed by atoms with Gasteiger partial charge in [0.05, 0.1) is 0 Å². The van der Waals surface area contributed by atoms with Crippen molar-refractivity contribution >= 4 is 37.5 Å². The van der Waals surface area contributed by atoms with Crippen LogP contribution in [0.2, 0.25) is 4.71 Å². The molecule has 6 nitrogen and oxygen atoms in total. The molecule has 7 heteroatoms. The number of ether oxygens (including phenoxy) is 1. The molecule has 0 aromatic heterocycles. The van der Waals surface area contributed by atoms with Crippen molar-refractivity contribution in [1.29, 1.82) is 0 Å². The van der Waals surface area contributed by atoms with Gasteiger partial charge in [0.1, 0.15) is 0 Å². The molecule has 0 spiro atoms. The molecule has 2 aromatic carbocycles. The van der Waals surface area contributed by atoms with Crippen LogP contribution in [0.4, 0.5) is 5.69 Å². The molecule has 28 heavy (non-hydrogen) atoms. The molecule has 1 unspecified atom stereocenters. The average molecular weight is 437 g/mol. The average Bonchev–Trinajstić information content (AvgIpc) is 2.67. The zero-order valence-electron chi connectivity index (χ0n) is 15.9. The number of carbonyl (C=O) groups is 1. The van der Waals surface area contributed by atoms with Crippen molar-refractivity contribution in [2.24, 2.45) is 5.10 Å². The van der Waals surface area contributed by atoms with Crippen LogP contribution in [0.1, 0.15) is 12.5 Å². The van der Waals surface area contributed by atoms with Crippen molar-refractivity contribution in [3.05, 3.63) is 42.0 Å². The number of nitrogens with zero attached hydrogens (tertiary/aromatic N) is 2. The van der Waals surface area contributed by atoms with Gasteiger partial charge in [-0.25, -0.2) is 0 Å². The van der Waals surface area contributed by atoms with Crippen LogP contribution in [-0.4, -0.2) is 53.2 Å². The summed E-state index contributed by atoms with van der Waals surface area (Å²) in [6.45, 7) is 6.62. The molecular weight excluding hydrogens is 415 g/mol. The molecule has 2 N–H and O–H groups in total. The number of fused-ring (bicyclic) bond motifs is 3. The number of rotatable bonds is 3. The number of hydrogen-bond acceptors (Lipinski definition) is 5. The minimum absolute atomic E-state index is 0.00940. The molecule has 1 saturated heterocycles. The maximum atomic E-state index is 12.2. The molecule has 5 rings (SSSR count).